The van der Waals surface area contributed by atoms with Crippen LogP contribution in [0.3, 0.4) is 0 Å². The summed E-state index contributed by atoms with van der Waals surface area (Å²) in [4.78, 5) is 18.4. The third-order valence-electron chi connectivity index (χ3n) is 4.65. The van der Waals surface area contributed by atoms with Crippen molar-refractivity contribution in [2.24, 2.45) is 0 Å². The van der Waals surface area contributed by atoms with E-state index in [1.165, 1.54) is 0 Å². The lowest BCUT2D eigenvalue weighted by Gasteiger charge is -2.23. The first-order valence-corrected chi connectivity index (χ1v) is 8.57. The number of nitrogens with one attached hydrogen (secondary N) is 2. The fourth-order valence-corrected chi connectivity index (χ4v) is 3.35. The number of likely N-dealkylation sites (tertiary alicyclic amines) is 1. The fourth-order valence-electron chi connectivity index (χ4n) is 3.35. The van der Waals surface area contributed by atoms with Crippen LogP contribution in [-0.2, 0) is 0 Å². The van der Waals surface area contributed by atoms with Crippen LogP contribution < -0.4 is 10.6 Å². The zero-order chi connectivity index (χ0) is 16.4. The number of aromatic nitrogens is 3. The number of hydrogen-bond donors (Lipinski definition) is 2. The highest BCUT2D eigenvalue weighted by Crippen LogP contribution is 2.16. The second-order valence-electron chi connectivity index (χ2n) is 6.44. The van der Waals surface area contributed by atoms with Crippen molar-refractivity contribution < 1.29 is 4.79 Å². The molecular formula is C17H22N6O. The summed E-state index contributed by atoms with van der Waals surface area (Å²) in [6.07, 6.45) is 12.0. The largest absolute Gasteiger partial charge is 0.364 e. The fraction of sp³-hybridized carbons (Fsp3) is 0.471. The maximum absolute atomic E-state index is 12.4. The predicted octanol–water partition coefficient (Wildman–Crippen LogP) is 2.03. The summed E-state index contributed by atoms with van der Waals surface area (Å²) < 4.78 is 1.75. The van der Waals surface area contributed by atoms with Crippen molar-refractivity contribution in [2.75, 3.05) is 18.4 Å². The molecule has 2 atom stereocenters. The highest BCUT2D eigenvalue weighted by Gasteiger charge is 2.27. The quantitative estimate of drug-likeness (QED) is 0.847. The number of anilines is 1. The van der Waals surface area contributed by atoms with Crippen molar-refractivity contribution in [1.29, 1.82) is 0 Å². The summed E-state index contributed by atoms with van der Waals surface area (Å²) in [5.74, 6) is 0.808. The number of carbonyl (C=O) groups excluding carboxylic acids is 1. The number of hydrogen-bond acceptors (Lipinski definition) is 4. The topological polar surface area (TPSA) is 74.6 Å². The van der Waals surface area contributed by atoms with E-state index in [0.29, 0.717) is 6.54 Å². The van der Waals surface area contributed by atoms with Crippen molar-refractivity contribution in [3.05, 3.63) is 36.7 Å². The van der Waals surface area contributed by atoms with Crippen LogP contribution in [0.2, 0.25) is 0 Å². The van der Waals surface area contributed by atoms with Crippen LogP contribution >= 0.6 is 0 Å². The van der Waals surface area contributed by atoms with E-state index < -0.39 is 0 Å². The molecule has 2 unspecified atom stereocenters. The zero-order valence-electron chi connectivity index (χ0n) is 13.6. The highest BCUT2D eigenvalue weighted by molar-refractivity contribution is 5.75. The number of imidazole rings is 1. The van der Waals surface area contributed by atoms with E-state index in [2.05, 4.69) is 32.9 Å². The van der Waals surface area contributed by atoms with E-state index in [1.54, 1.807) is 10.7 Å². The van der Waals surface area contributed by atoms with E-state index in [-0.39, 0.29) is 18.1 Å². The minimum atomic E-state index is 0.0360. The second-order valence-corrected chi connectivity index (χ2v) is 6.44. The maximum Gasteiger partial charge on any atom is 0.317 e. The average molecular weight is 326 g/mol. The van der Waals surface area contributed by atoms with E-state index in [4.69, 9.17) is 0 Å². The smallest absolute Gasteiger partial charge is 0.317 e. The molecule has 0 aromatic carbocycles. The summed E-state index contributed by atoms with van der Waals surface area (Å²) in [7, 11) is 0. The second kappa shape index (κ2) is 6.51. The Morgan fingerprint density at radius 2 is 2.25 bits per heavy atom. The molecule has 7 nitrogen and oxygen atoms in total. The Hall–Kier alpha value is -2.57. The van der Waals surface area contributed by atoms with E-state index in [9.17, 15) is 4.79 Å². The summed E-state index contributed by atoms with van der Waals surface area (Å²) in [5, 5.41) is 11.0. The molecule has 126 valence electrons. The van der Waals surface area contributed by atoms with Crippen molar-refractivity contribution in [3.63, 3.8) is 0 Å². The Kier molecular flexibility index (Phi) is 4.06. The normalized spacial score (nSPS) is 23.6. The Morgan fingerprint density at radius 3 is 3.12 bits per heavy atom. The van der Waals surface area contributed by atoms with Gasteiger partial charge in [-0.25, -0.2) is 14.3 Å². The first kappa shape index (κ1) is 15.0. The molecule has 1 aliphatic heterocycles. The molecule has 1 fully saturated rings. The number of fused-ring (bicyclic) bond motifs is 1. The number of rotatable bonds is 3. The minimum Gasteiger partial charge on any atom is -0.364 e. The molecule has 2 aliphatic rings. The van der Waals surface area contributed by atoms with Gasteiger partial charge in [-0.15, -0.1) is 5.10 Å². The Labute approximate surface area is 140 Å². The Morgan fingerprint density at radius 1 is 1.29 bits per heavy atom. The van der Waals surface area contributed by atoms with Gasteiger partial charge in [-0.2, -0.15) is 0 Å². The van der Waals surface area contributed by atoms with Gasteiger partial charge in [-0.1, -0.05) is 12.2 Å². The maximum atomic E-state index is 12.4. The van der Waals surface area contributed by atoms with Crippen LogP contribution in [0, 0.1) is 0 Å². The number of carbonyl (C=O) groups is 1. The van der Waals surface area contributed by atoms with E-state index in [0.717, 1.165) is 43.7 Å². The summed E-state index contributed by atoms with van der Waals surface area (Å²) in [6, 6.07) is 4.31. The molecule has 0 radical (unpaired) electrons. The molecule has 24 heavy (non-hydrogen) atoms. The molecule has 2 N–H and O–H groups in total. The molecule has 4 rings (SSSR count). The van der Waals surface area contributed by atoms with E-state index in [1.807, 2.05) is 23.2 Å². The molecule has 1 saturated heterocycles. The SMILES string of the molecule is O=C(NC1C=CCCC1)N1CCC(Nc2ccc3nccn3n2)C1. The molecule has 0 spiro atoms. The third kappa shape index (κ3) is 3.20. The standard InChI is InChI=1S/C17H22N6O/c24-17(20-13-4-2-1-3-5-13)22-10-8-14(12-22)19-15-6-7-16-18-9-11-23(16)21-15/h2,4,6-7,9,11,13-14H,1,3,5,8,10,12H2,(H,19,21)(H,20,24). The molecule has 0 saturated carbocycles. The highest BCUT2D eigenvalue weighted by atomic mass is 16.2. The van der Waals surface area contributed by atoms with Crippen molar-refractivity contribution in [1.82, 2.24) is 24.8 Å². The third-order valence-corrected chi connectivity index (χ3v) is 4.65. The number of amides is 2. The van der Waals surface area contributed by atoms with Crippen LogP contribution in [0.5, 0.6) is 0 Å². The molecular weight excluding hydrogens is 304 g/mol. The van der Waals surface area contributed by atoms with Crippen molar-refractivity contribution in [3.8, 4) is 0 Å². The summed E-state index contributed by atoms with van der Waals surface area (Å²) in [6.45, 7) is 1.47. The zero-order valence-corrected chi connectivity index (χ0v) is 13.6. The van der Waals surface area contributed by atoms with Gasteiger partial charge in [0.15, 0.2) is 5.65 Å². The van der Waals surface area contributed by atoms with Crippen LogP contribution in [0.15, 0.2) is 36.7 Å². The molecule has 7 heteroatoms. The molecule has 2 aromatic heterocycles. The molecule has 1 aliphatic carbocycles. The molecule has 3 heterocycles. The molecule has 2 aromatic rings. The Bertz CT molecular complexity index is 754. The van der Waals surface area contributed by atoms with Crippen molar-refractivity contribution in [2.45, 2.75) is 37.8 Å². The van der Waals surface area contributed by atoms with Gasteiger partial charge in [0.1, 0.15) is 5.82 Å². The molecule has 2 amide bonds. The first-order valence-electron chi connectivity index (χ1n) is 8.57. The number of urea groups is 1. The van der Waals surface area contributed by atoms with Crippen LogP contribution in [0.25, 0.3) is 5.65 Å². The minimum absolute atomic E-state index is 0.0360. The van der Waals surface area contributed by atoms with Gasteiger partial charge in [0.25, 0.3) is 0 Å². The van der Waals surface area contributed by atoms with Crippen LogP contribution in [0.1, 0.15) is 25.7 Å². The van der Waals surface area contributed by atoms with Gasteiger partial charge in [-0.3, -0.25) is 0 Å². The van der Waals surface area contributed by atoms with Gasteiger partial charge < -0.3 is 15.5 Å². The Balaban J connectivity index is 1.33. The lowest BCUT2D eigenvalue weighted by Crippen LogP contribution is -2.44. The number of nitrogens with zero attached hydrogens (tertiary/aromatic N) is 4. The van der Waals surface area contributed by atoms with Gasteiger partial charge >= 0.3 is 6.03 Å². The summed E-state index contributed by atoms with van der Waals surface area (Å²) in [5.41, 5.74) is 0.827. The lowest BCUT2D eigenvalue weighted by atomic mass is 10.0. The first-order chi connectivity index (χ1) is 11.8. The molecule has 0 bridgehead atoms. The number of allylic oxidation sites excluding steroid dienone is 1. The predicted molar refractivity (Wildman–Crippen MR) is 91.9 cm³/mol. The van der Waals surface area contributed by atoms with Gasteiger partial charge in [0.2, 0.25) is 0 Å². The van der Waals surface area contributed by atoms with Gasteiger partial charge in [-0.05, 0) is 37.8 Å². The van der Waals surface area contributed by atoms with Crippen molar-refractivity contribution >= 4 is 17.5 Å². The van der Waals surface area contributed by atoms with Crippen LogP contribution in [-0.4, -0.2) is 50.7 Å². The van der Waals surface area contributed by atoms with Gasteiger partial charge in [0, 0.05) is 37.6 Å². The van der Waals surface area contributed by atoms with Gasteiger partial charge in [0.05, 0.1) is 0 Å². The lowest BCUT2D eigenvalue weighted by molar-refractivity contribution is 0.205. The monoisotopic (exact) mass is 326 g/mol. The van der Waals surface area contributed by atoms with Crippen LogP contribution in [0.4, 0.5) is 10.6 Å². The summed E-state index contributed by atoms with van der Waals surface area (Å²) >= 11 is 0. The average Bonchev–Trinajstić information content (AvgIpc) is 3.24. The van der Waals surface area contributed by atoms with E-state index >= 15 is 0 Å².